The van der Waals surface area contributed by atoms with Gasteiger partial charge in [0.05, 0.1) is 5.56 Å². The van der Waals surface area contributed by atoms with Crippen molar-refractivity contribution in [2.75, 3.05) is 0 Å². The van der Waals surface area contributed by atoms with E-state index in [2.05, 4.69) is 4.98 Å². The minimum atomic E-state index is -4.48. The van der Waals surface area contributed by atoms with Gasteiger partial charge in [0.1, 0.15) is 3.70 Å². The average molecular weight is 343 g/mol. The highest BCUT2D eigenvalue weighted by Crippen LogP contribution is 2.30. The molecule has 1 aromatic heterocycles. The van der Waals surface area contributed by atoms with Crippen molar-refractivity contribution in [3.05, 3.63) is 33.2 Å². The van der Waals surface area contributed by atoms with Crippen LogP contribution in [0.15, 0.2) is 18.3 Å². The van der Waals surface area contributed by atoms with Crippen molar-refractivity contribution in [3.8, 4) is 0 Å². The third-order valence-electron chi connectivity index (χ3n) is 1.60. The molecule has 0 spiro atoms. The molecule has 0 aromatic carbocycles. The quantitative estimate of drug-likeness (QED) is 0.510. The van der Waals surface area contributed by atoms with E-state index in [0.717, 1.165) is 18.2 Å². The van der Waals surface area contributed by atoms with E-state index in [9.17, 15) is 18.0 Å². The molecule has 0 unspecified atom stereocenters. The molecule has 0 radical (unpaired) electrons. The largest absolute Gasteiger partial charge is 0.478 e. The van der Waals surface area contributed by atoms with Crippen LogP contribution in [0.2, 0.25) is 0 Å². The number of hydrogen-bond acceptors (Lipinski definition) is 2. The molecule has 3 nitrogen and oxygen atoms in total. The number of carboxylic acids is 1. The Morgan fingerprint density at radius 2 is 2.12 bits per heavy atom. The number of hydrogen-bond donors (Lipinski definition) is 1. The lowest BCUT2D eigenvalue weighted by Gasteiger charge is -2.07. The number of carboxylic acid groups (broad SMARTS) is 1. The zero-order valence-corrected chi connectivity index (χ0v) is 9.78. The first kappa shape index (κ1) is 12.9. The molecule has 1 aromatic rings. The Balaban J connectivity index is 3.14. The Labute approximate surface area is 102 Å². The van der Waals surface area contributed by atoms with E-state index in [1.54, 1.807) is 22.6 Å². The molecule has 1 rings (SSSR count). The second-order valence-electron chi connectivity index (χ2n) is 2.77. The smallest absolute Gasteiger partial charge is 0.417 e. The molecule has 7 heteroatoms. The van der Waals surface area contributed by atoms with Crippen molar-refractivity contribution in [1.82, 2.24) is 4.98 Å². The minimum absolute atomic E-state index is 0.123. The monoisotopic (exact) mass is 343 g/mol. The lowest BCUT2D eigenvalue weighted by Crippen LogP contribution is -2.06. The first-order valence-corrected chi connectivity index (χ1v) is 5.02. The summed E-state index contributed by atoms with van der Waals surface area (Å²) in [6.07, 6.45) is -1.94. The summed E-state index contributed by atoms with van der Waals surface area (Å²) < 4.78 is 37.3. The summed E-state index contributed by atoms with van der Waals surface area (Å²) in [6, 6.07) is 0.855. The molecule has 86 valence electrons. The summed E-state index contributed by atoms with van der Waals surface area (Å²) in [4.78, 5) is 13.8. The fraction of sp³-hybridized carbons (Fsp3) is 0.111. The molecule has 0 aliphatic rings. The lowest BCUT2D eigenvalue weighted by atomic mass is 10.2. The Bertz CT molecular complexity index is 443. The minimum Gasteiger partial charge on any atom is -0.478 e. The molecular formula is C9H5F3INO2. The Morgan fingerprint density at radius 1 is 1.50 bits per heavy atom. The number of nitrogens with zero attached hydrogens (tertiary/aromatic N) is 1. The van der Waals surface area contributed by atoms with Crippen molar-refractivity contribution in [1.29, 1.82) is 0 Å². The van der Waals surface area contributed by atoms with Gasteiger partial charge in [-0.05, 0) is 34.7 Å². The number of rotatable bonds is 2. The molecule has 0 amide bonds. The van der Waals surface area contributed by atoms with E-state index >= 15 is 0 Å². The zero-order chi connectivity index (χ0) is 12.3. The molecule has 0 saturated heterocycles. The number of aliphatic carboxylic acids is 1. The Hall–Kier alpha value is -1.12. The summed E-state index contributed by atoms with van der Waals surface area (Å²) >= 11 is 1.73. The maximum Gasteiger partial charge on any atom is 0.417 e. The first-order valence-electron chi connectivity index (χ1n) is 3.94. The van der Waals surface area contributed by atoms with Gasteiger partial charge in [-0.1, -0.05) is 0 Å². The average Bonchev–Trinajstić information content (AvgIpc) is 2.14. The van der Waals surface area contributed by atoms with Gasteiger partial charge in [0.2, 0.25) is 0 Å². The second-order valence-corrected chi connectivity index (χ2v) is 3.80. The van der Waals surface area contributed by atoms with Gasteiger partial charge in [0, 0.05) is 17.8 Å². The highest BCUT2D eigenvalue weighted by Gasteiger charge is 2.31. The van der Waals surface area contributed by atoms with Crippen molar-refractivity contribution >= 4 is 34.6 Å². The molecular weight excluding hydrogens is 338 g/mol. The molecule has 16 heavy (non-hydrogen) atoms. The molecule has 1 N–H and O–H groups in total. The lowest BCUT2D eigenvalue weighted by molar-refractivity contribution is -0.138. The first-order chi connectivity index (χ1) is 7.30. The third kappa shape index (κ3) is 3.47. The van der Waals surface area contributed by atoms with Gasteiger partial charge in [-0.15, -0.1) is 0 Å². The molecule has 0 aliphatic heterocycles. The van der Waals surface area contributed by atoms with Gasteiger partial charge in [-0.2, -0.15) is 13.2 Å². The van der Waals surface area contributed by atoms with E-state index in [0.29, 0.717) is 9.90 Å². The van der Waals surface area contributed by atoms with Gasteiger partial charge in [0.15, 0.2) is 0 Å². The van der Waals surface area contributed by atoms with Crippen molar-refractivity contribution in [2.45, 2.75) is 6.18 Å². The maximum absolute atomic E-state index is 12.3. The van der Waals surface area contributed by atoms with Crippen LogP contribution in [0.3, 0.4) is 0 Å². The second kappa shape index (κ2) is 4.81. The van der Waals surface area contributed by atoms with Gasteiger partial charge in [-0.25, -0.2) is 9.78 Å². The van der Waals surface area contributed by atoms with Crippen molar-refractivity contribution in [2.24, 2.45) is 0 Å². The number of pyridine rings is 1. The zero-order valence-electron chi connectivity index (χ0n) is 7.62. The third-order valence-corrected chi connectivity index (χ3v) is 2.50. The van der Waals surface area contributed by atoms with E-state index in [1.807, 2.05) is 0 Å². The number of halogens is 4. The highest BCUT2D eigenvalue weighted by molar-refractivity contribution is 14.1. The van der Waals surface area contributed by atoms with E-state index in [1.165, 1.54) is 0 Å². The van der Waals surface area contributed by atoms with Crippen LogP contribution in [0.25, 0.3) is 6.08 Å². The standard InChI is InChI=1S/C9H5F3INO2/c10-9(11,12)6-3-5(1-2-7(15)16)8(13)14-4-6/h1-4H,(H,15,16)/b2-1+. The van der Waals surface area contributed by atoms with Gasteiger partial charge < -0.3 is 5.11 Å². The predicted molar refractivity (Wildman–Crippen MR) is 58.6 cm³/mol. The number of aromatic nitrogens is 1. The summed E-state index contributed by atoms with van der Waals surface area (Å²) in [6.45, 7) is 0. The van der Waals surface area contributed by atoms with Gasteiger partial charge >= 0.3 is 12.1 Å². The molecule has 0 bridgehead atoms. The van der Waals surface area contributed by atoms with Crippen LogP contribution in [-0.4, -0.2) is 16.1 Å². The van der Waals surface area contributed by atoms with Crippen LogP contribution in [-0.2, 0) is 11.0 Å². The molecule has 0 aliphatic carbocycles. The molecule has 1 heterocycles. The molecule has 0 atom stereocenters. The number of alkyl halides is 3. The van der Waals surface area contributed by atoms with Crippen molar-refractivity contribution < 1.29 is 23.1 Å². The summed E-state index contributed by atoms with van der Waals surface area (Å²) in [5.41, 5.74) is -0.782. The van der Waals surface area contributed by atoms with Crippen LogP contribution in [0.1, 0.15) is 11.1 Å². The normalized spacial score (nSPS) is 12.0. The SMILES string of the molecule is O=C(O)/C=C/c1cc(C(F)(F)F)cnc1I. The van der Waals surface area contributed by atoms with Gasteiger partial charge in [-0.3, -0.25) is 0 Å². The van der Waals surface area contributed by atoms with E-state index in [-0.39, 0.29) is 5.56 Å². The highest BCUT2D eigenvalue weighted by atomic mass is 127. The predicted octanol–water partition coefficient (Wildman–Crippen LogP) is 2.80. The summed E-state index contributed by atoms with van der Waals surface area (Å²) in [5.74, 6) is -1.23. The molecule has 0 saturated carbocycles. The topological polar surface area (TPSA) is 50.2 Å². The van der Waals surface area contributed by atoms with Gasteiger partial charge in [0.25, 0.3) is 0 Å². The van der Waals surface area contributed by atoms with Crippen LogP contribution in [0.5, 0.6) is 0 Å². The summed E-state index contributed by atoms with van der Waals surface area (Å²) in [5, 5.41) is 8.36. The maximum atomic E-state index is 12.3. The van der Waals surface area contributed by atoms with E-state index in [4.69, 9.17) is 5.11 Å². The fourth-order valence-electron chi connectivity index (χ4n) is 0.898. The van der Waals surface area contributed by atoms with Crippen LogP contribution < -0.4 is 0 Å². The van der Waals surface area contributed by atoms with Crippen LogP contribution in [0, 0.1) is 3.70 Å². The number of carbonyl (C=O) groups is 1. The Morgan fingerprint density at radius 3 is 2.62 bits per heavy atom. The molecule has 0 fully saturated rings. The fourth-order valence-corrected chi connectivity index (χ4v) is 1.37. The van der Waals surface area contributed by atoms with Crippen molar-refractivity contribution in [3.63, 3.8) is 0 Å². The summed E-state index contributed by atoms with van der Waals surface area (Å²) in [7, 11) is 0. The Kier molecular flexibility index (Phi) is 3.89. The van der Waals surface area contributed by atoms with Crippen LogP contribution in [0.4, 0.5) is 13.2 Å². The van der Waals surface area contributed by atoms with Crippen LogP contribution >= 0.6 is 22.6 Å². The van der Waals surface area contributed by atoms with E-state index < -0.39 is 17.7 Å².